The maximum absolute atomic E-state index is 13.0. The number of amides is 3. The Bertz CT molecular complexity index is 1410. The number of carbonyl (C=O) groups excluding carboxylic acids is 2. The molecule has 0 unspecified atom stereocenters. The Balaban J connectivity index is 1.21. The molecule has 1 aliphatic carbocycles. The predicted octanol–water partition coefficient (Wildman–Crippen LogP) is 2.96. The van der Waals surface area contributed by atoms with Crippen molar-refractivity contribution in [2.24, 2.45) is 0 Å². The molecule has 3 aliphatic rings. The third kappa shape index (κ3) is 4.09. The first-order valence-electron chi connectivity index (χ1n) is 12.9. The minimum atomic E-state index is -0.932. The molecule has 12 heteroatoms. The number of hydrogen-bond donors (Lipinski definition) is 2. The lowest BCUT2D eigenvalue weighted by atomic mass is 10.2. The predicted molar refractivity (Wildman–Crippen MR) is 139 cm³/mol. The lowest BCUT2D eigenvalue weighted by molar-refractivity contribution is 0.0612. The maximum Gasteiger partial charge on any atom is 0.407 e. The van der Waals surface area contributed by atoms with Crippen LogP contribution < -0.4 is 5.32 Å². The lowest BCUT2D eigenvalue weighted by Gasteiger charge is -2.32. The van der Waals surface area contributed by atoms with Crippen molar-refractivity contribution in [3.05, 3.63) is 41.9 Å². The molecule has 6 rings (SSSR count). The van der Waals surface area contributed by atoms with Crippen molar-refractivity contribution in [1.29, 1.82) is 0 Å². The van der Waals surface area contributed by atoms with E-state index in [1.165, 1.54) is 11.1 Å². The fraction of sp³-hybridized carbons (Fsp3) is 0.462. The van der Waals surface area contributed by atoms with Crippen LogP contribution in [0.15, 0.2) is 30.6 Å². The van der Waals surface area contributed by atoms with Gasteiger partial charge in [0.25, 0.3) is 11.8 Å². The van der Waals surface area contributed by atoms with E-state index in [0.29, 0.717) is 48.2 Å². The fourth-order valence-corrected chi connectivity index (χ4v) is 6.02. The largest absolute Gasteiger partial charge is 0.465 e. The molecule has 12 nitrogen and oxygen atoms in total. The number of piperazine rings is 1. The van der Waals surface area contributed by atoms with Gasteiger partial charge in [0.2, 0.25) is 5.95 Å². The van der Waals surface area contributed by atoms with E-state index in [2.05, 4.69) is 19.9 Å². The van der Waals surface area contributed by atoms with E-state index in [-0.39, 0.29) is 29.9 Å². The van der Waals surface area contributed by atoms with Gasteiger partial charge in [-0.05, 0) is 37.5 Å². The van der Waals surface area contributed by atoms with E-state index < -0.39 is 6.09 Å². The number of pyridine rings is 1. The number of rotatable bonds is 5. The molecule has 2 saturated heterocycles. The molecule has 2 atom stereocenters. The van der Waals surface area contributed by atoms with Crippen molar-refractivity contribution in [2.45, 2.75) is 50.2 Å². The molecule has 198 valence electrons. The van der Waals surface area contributed by atoms with E-state index in [4.69, 9.17) is 4.98 Å². The summed E-state index contributed by atoms with van der Waals surface area (Å²) in [6, 6.07) is 5.25. The van der Waals surface area contributed by atoms with Crippen LogP contribution in [0.5, 0.6) is 0 Å². The Kier molecular flexibility index (Phi) is 5.88. The van der Waals surface area contributed by atoms with Gasteiger partial charge in [-0.3, -0.25) is 9.59 Å². The number of nitrogens with zero attached hydrogens (tertiary/aromatic N) is 7. The summed E-state index contributed by atoms with van der Waals surface area (Å²) in [4.78, 5) is 55.6. The summed E-state index contributed by atoms with van der Waals surface area (Å²) in [5.41, 5.74) is 1.78. The lowest BCUT2D eigenvalue weighted by Crippen LogP contribution is -2.50. The molecule has 1 saturated carbocycles. The highest BCUT2D eigenvalue weighted by atomic mass is 16.4. The van der Waals surface area contributed by atoms with E-state index in [1.54, 1.807) is 42.2 Å². The van der Waals surface area contributed by atoms with Crippen molar-refractivity contribution < 1.29 is 19.5 Å². The van der Waals surface area contributed by atoms with Crippen molar-refractivity contribution in [1.82, 2.24) is 34.2 Å². The molecule has 3 fully saturated rings. The summed E-state index contributed by atoms with van der Waals surface area (Å²) in [6.07, 6.45) is 7.24. The van der Waals surface area contributed by atoms with Crippen LogP contribution >= 0.6 is 0 Å². The number of carboxylic acid groups (broad SMARTS) is 1. The molecule has 2 bridgehead atoms. The molecule has 3 amide bonds. The van der Waals surface area contributed by atoms with Crippen molar-refractivity contribution in [3.8, 4) is 0 Å². The van der Waals surface area contributed by atoms with Gasteiger partial charge in [-0.15, -0.1) is 0 Å². The Morgan fingerprint density at radius 1 is 1.00 bits per heavy atom. The van der Waals surface area contributed by atoms with Crippen LogP contribution in [0.3, 0.4) is 0 Å². The number of carbonyl (C=O) groups is 3. The minimum Gasteiger partial charge on any atom is -0.465 e. The zero-order valence-corrected chi connectivity index (χ0v) is 21.4. The fourth-order valence-electron chi connectivity index (χ4n) is 6.02. The number of aromatic nitrogens is 4. The van der Waals surface area contributed by atoms with E-state index in [1.807, 2.05) is 6.07 Å². The van der Waals surface area contributed by atoms with Crippen molar-refractivity contribution in [2.75, 3.05) is 32.5 Å². The normalized spacial score (nSPS) is 20.9. The third-order valence-corrected chi connectivity index (χ3v) is 7.89. The van der Waals surface area contributed by atoms with Gasteiger partial charge in [0.1, 0.15) is 17.2 Å². The molecule has 0 spiro atoms. The van der Waals surface area contributed by atoms with Gasteiger partial charge in [-0.25, -0.2) is 14.8 Å². The smallest absolute Gasteiger partial charge is 0.407 e. The van der Waals surface area contributed by atoms with Crippen LogP contribution in [0.2, 0.25) is 0 Å². The quantitative estimate of drug-likeness (QED) is 0.526. The average molecular weight is 519 g/mol. The van der Waals surface area contributed by atoms with Gasteiger partial charge >= 0.3 is 6.09 Å². The molecular weight excluding hydrogens is 488 g/mol. The summed E-state index contributed by atoms with van der Waals surface area (Å²) in [5, 5.41) is 13.2. The minimum absolute atomic E-state index is 0.0618. The van der Waals surface area contributed by atoms with Gasteiger partial charge < -0.3 is 29.7 Å². The second-order valence-corrected chi connectivity index (χ2v) is 10.5. The SMILES string of the molecule is CN(C)C(=O)c1cc2cnc(Nc3ccc(C(=O)N4C[C@@H]5C[C@H]4CN5C(=O)O)cn3)nc2n1C1CCCC1. The van der Waals surface area contributed by atoms with Gasteiger partial charge in [0, 0.05) is 51.0 Å². The number of anilines is 2. The Labute approximate surface area is 219 Å². The van der Waals surface area contributed by atoms with E-state index >= 15 is 0 Å². The molecule has 0 radical (unpaired) electrons. The highest BCUT2D eigenvalue weighted by Gasteiger charge is 2.47. The first-order chi connectivity index (χ1) is 18.3. The van der Waals surface area contributed by atoms with Crippen LogP contribution in [-0.4, -0.2) is 96.5 Å². The summed E-state index contributed by atoms with van der Waals surface area (Å²) >= 11 is 0. The Morgan fingerprint density at radius 2 is 1.74 bits per heavy atom. The van der Waals surface area contributed by atoms with Gasteiger partial charge in [0.05, 0.1) is 17.6 Å². The van der Waals surface area contributed by atoms with Crippen LogP contribution in [0, 0.1) is 0 Å². The number of likely N-dealkylation sites (tertiary alicyclic amines) is 2. The molecule has 38 heavy (non-hydrogen) atoms. The van der Waals surface area contributed by atoms with Crippen LogP contribution in [0.1, 0.15) is 59.0 Å². The Morgan fingerprint density at radius 3 is 2.37 bits per heavy atom. The average Bonchev–Trinajstić information content (AvgIpc) is 3.71. The standard InChI is InChI=1S/C26H30N8O4/c1-31(2)24(36)20-9-16-12-28-25(30-22(16)34(20)17-5-3-4-6-17)29-21-8-7-15(11-27-21)23(35)32-13-19-10-18(32)14-33(19)26(37)38/h7-9,11-12,17-19H,3-6,10,13-14H2,1-2H3,(H,37,38)(H,27,28,29,30)/t18-,19-/m0/s1. The van der Waals surface area contributed by atoms with E-state index in [0.717, 1.165) is 31.1 Å². The number of fused-ring (bicyclic) bond motifs is 3. The van der Waals surface area contributed by atoms with Crippen LogP contribution in [0.4, 0.5) is 16.6 Å². The second kappa shape index (κ2) is 9.26. The monoisotopic (exact) mass is 518 g/mol. The summed E-state index contributed by atoms with van der Waals surface area (Å²) < 4.78 is 2.06. The molecule has 2 N–H and O–H groups in total. The molecular formula is C26H30N8O4. The summed E-state index contributed by atoms with van der Waals surface area (Å²) in [6.45, 7) is 0.756. The summed E-state index contributed by atoms with van der Waals surface area (Å²) in [7, 11) is 3.49. The maximum atomic E-state index is 13.0. The highest BCUT2D eigenvalue weighted by Crippen LogP contribution is 2.35. The zero-order chi connectivity index (χ0) is 26.6. The molecule has 3 aromatic heterocycles. The highest BCUT2D eigenvalue weighted by molar-refractivity contribution is 5.98. The number of nitrogens with one attached hydrogen (secondary N) is 1. The second-order valence-electron chi connectivity index (χ2n) is 10.5. The number of hydrogen-bond acceptors (Lipinski definition) is 7. The van der Waals surface area contributed by atoms with Crippen LogP contribution in [0.25, 0.3) is 11.0 Å². The molecule has 0 aromatic carbocycles. The van der Waals surface area contributed by atoms with Crippen LogP contribution in [-0.2, 0) is 0 Å². The van der Waals surface area contributed by atoms with E-state index in [9.17, 15) is 19.5 Å². The molecule has 3 aromatic rings. The van der Waals surface area contributed by atoms with Gasteiger partial charge in [0.15, 0.2) is 0 Å². The van der Waals surface area contributed by atoms with Gasteiger partial charge in [-0.1, -0.05) is 12.8 Å². The molecule has 5 heterocycles. The first kappa shape index (κ1) is 24.1. The first-order valence-corrected chi connectivity index (χ1v) is 12.9. The topological polar surface area (TPSA) is 137 Å². The van der Waals surface area contributed by atoms with Crippen molar-refractivity contribution >= 4 is 40.7 Å². The molecule has 2 aliphatic heterocycles. The van der Waals surface area contributed by atoms with Gasteiger partial charge in [-0.2, -0.15) is 4.98 Å². The van der Waals surface area contributed by atoms with Crippen molar-refractivity contribution in [3.63, 3.8) is 0 Å². The Hall–Kier alpha value is -4.22. The third-order valence-electron chi connectivity index (χ3n) is 7.89. The zero-order valence-electron chi connectivity index (χ0n) is 21.4. The summed E-state index contributed by atoms with van der Waals surface area (Å²) in [5.74, 6) is 0.639.